The Labute approximate surface area is 144 Å². The number of carbonyl (C=O) groups excluding carboxylic acids is 3. The number of imide groups is 1. The van der Waals surface area contributed by atoms with Crippen molar-refractivity contribution in [3.8, 4) is 0 Å². The Morgan fingerprint density at radius 3 is 2.64 bits per heavy atom. The smallest absolute Gasteiger partial charge is 0.323 e. The lowest BCUT2D eigenvalue weighted by Gasteiger charge is -2.22. The van der Waals surface area contributed by atoms with Crippen LogP contribution in [-0.4, -0.2) is 34.8 Å². The van der Waals surface area contributed by atoms with E-state index in [0.29, 0.717) is 12.3 Å². The molecule has 8 heteroatoms. The summed E-state index contributed by atoms with van der Waals surface area (Å²) in [6, 6.07) is 1.95. The number of urea groups is 1. The molecule has 6 nitrogen and oxygen atoms in total. The zero-order chi connectivity index (χ0) is 18.8. The molecule has 1 aliphatic rings. The summed E-state index contributed by atoms with van der Waals surface area (Å²) in [5.74, 6) is -2.47. The van der Waals surface area contributed by atoms with Gasteiger partial charge >= 0.3 is 6.03 Å². The highest BCUT2D eigenvalue weighted by atomic mass is 19.1. The molecule has 0 aliphatic carbocycles. The number of halogens is 2. The molecule has 1 atom stereocenters. The van der Waals surface area contributed by atoms with E-state index in [0.717, 1.165) is 29.5 Å². The first-order chi connectivity index (χ1) is 11.6. The van der Waals surface area contributed by atoms with Crippen molar-refractivity contribution in [1.29, 1.82) is 0 Å². The van der Waals surface area contributed by atoms with Crippen LogP contribution in [-0.2, 0) is 9.59 Å². The van der Waals surface area contributed by atoms with Gasteiger partial charge in [0.1, 0.15) is 23.7 Å². The van der Waals surface area contributed by atoms with Crippen LogP contribution >= 0.6 is 0 Å². The molecule has 2 N–H and O–H groups in total. The number of rotatable bonds is 6. The quantitative estimate of drug-likeness (QED) is 0.772. The van der Waals surface area contributed by atoms with Gasteiger partial charge < -0.3 is 10.6 Å². The van der Waals surface area contributed by atoms with Gasteiger partial charge in [0.2, 0.25) is 5.91 Å². The molecule has 1 heterocycles. The summed E-state index contributed by atoms with van der Waals surface area (Å²) in [6.07, 6.45) is 1.18. The van der Waals surface area contributed by atoms with Gasteiger partial charge in [0.05, 0.1) is 5.69 Å². The van der Waals surface area contributed by atoms with E-state index >= 15 is 0 Å². The van der Waals surface area contributed by atoms with Crippen LogP contribution in [0.1, 0.15) is 33.6 Å². The van der Waals surface area contributed by atoms with E-state index in [2.05, 4.69) is 10.6 Å². The molecule has 0 radical (unpaired) electrons. The molecule has 0 bridgehead atoms. The van der Waals surface area contributed by atoms with E-state index < -0.39 is 41.6 Å². The van der Waals surface area contributed by atoms with Crippen molar-refractivity contribution >= 4 is 23.5 Å². The van der Waals surface area contributed by atoms with Crippen LogP contribution in [0.15, 0.2) is 18.2 Å². The number of amides is 4. The second-order valence-corrected chi connectivity index (χ2v) is 6.76. The first-order valence-corrected chi connectivity index (χ1v) is 8.01. The number of carbonyl (C=O) groups is 3. The Hall–Kier alpha value is -2.51. The highest BCUT2D eigenvalue weighted by molar-refractivity contribution is 6.09. The predicted octanol–water partition coefficient (Wildman–Crippen LogP) is 2.65. The Kier molecular flexibility index (Phi) is 5.39. The largest absolute Gasteiger partial charge is 0.325 e. The Morgan fingerprint density at radius 1 is 1.32 bits per heavy atom. The normalized spacial score (nSPS) is 20.2. The zero-order valence-corrected chi connectivity index (χ0v) is 14.4. The minimum absolute atomic E-state index is 0.348. The number of nitrogens with zero attached hydrogens (tertiary/aromatic N) is 1. The van der Waals surface area contributed by atoms with Crippen LogP contribution in [0, 0.1) is 17.6 Å². The van der Waals surface area contributed by atoms with Crippen LogP contribution in [0.3, 0.4) is 0 Å². The van der Waals surface area contributed by atoms with Crippen molar-refractivity contribution in [2.45, 2.75) is 39.2 Å². The fraction of sp³-hybridized carbons (Fsp3) is 0.471. The Balaban J connectivity index is 2.04. The van der Waals surface area contributed by atoms with E-state index in [1.807, 2.05) is 13.8 Å². The first-order valence-electron chi connectivity index (χ1n) is 8.01. The van der Waals surface area contributed by atoms with Gasteiger partial charge in [-0.25, -0.2) is 13.6 Å². The van der Waals surface area contributed by atoms with Gasteiger partial charge in [-0.05, 0) is 37.8 Å². The molecule has 1 fully saturated rings. The molecule has 0 spiro atoms. The number of nitrogens with one attached hydrogen (secondary N) is 2. The SMILES string of the molecule is CC(C)CC[C@@]1(C)NC(=O)N(CC(=O)Nc2cc(F)ccc2F)C1=O. The molecule has 4 amide bonds. The summed E-state index contributed by atoms with van der Waals surface area (Å²) < 4.78 is 26.7. The van der Waals surface area contributed by atoms with Crippen molar-refractivity contribution in [1.82, 2.24) is 10.2 Å². The molecule has 136 valence electrons. The maximum atomic E-state index is 13.6. The Morgan fingerprint density at radius 2 is 2.00 bits per heavy atom. The monoisotopic (exact) mass is 353 g/mol. The molecule has 25 heavy (non-hydrogen) atoms. The van der Waals surface area contributed by atoms with Crippen LogP contribution in [0.4, 0.5) is 19.3 Å². The fourth-order valence-electron chi connectivity index (χ4n) is 2.56. The molecular formula is C17H21F2N3O3. The maximum Gasteiger partial charge on any atom is 0.325 e. The Bertz CT molecular complexity index is 708. The third kappa shape index (κ3) is 4.32. The third-order valence-corrected chi connectivity index (χ3v) is 4.07. The number of hydrogen-bond acceptors (Lipinski definition) is 3. The first kappa shape index (κ1) is 18.8. The van der Waals surface area contributed by atoms with E-state index in [9.17, 15) is 23.2 Å². The van der Waals surface area contributed by atoms with Crippen molar-refractivity contribution < 1.29 is 23.2 Å². The van der Waals surface area contributed by atoms with E-state index in [1.54, 1.807) is 6.92 Å². The second-order valence-electron chi connectivity index (χ2n) is 6.76. The van der Waals surface area contributed by atoms with Crippen LogP contribution in [0.5, 0.6) is 0 Å². The van der Waals surface area contributed by atoms with Crippen LogP contribution < -0.4 is 10.6 Å². The van der Waals surface area contributed by atoms with Gasteiger partial charge in [-0.1, -0.05) is 13.8 Å². The summed E-state index contributed by atoms with van der Waals surface area (Å²) in [7, 11) is 0. The van der Waals surface area contributed by atoms with Gasteiger partial charge in [-0.3, -0.25) is 14.5 Å². The van der Waals surface area contributed by atoms with Crippen molar-refractivity contribution in [3.63, 3.8) is 0 Å². The lowest BCUT2D eigenvalue weighted by atomic mass is 9.92. The predicted molar refractivity (Wildman–Crippen MR) is 87.7 cm³/mol. The second kappa shape index (κ2) is 7.16. The molecule has 0 unspecified atom stereocenters. The third-order valence-electron chi connectivity index (χ3n) is 4.07. The standard InChI is InChI=1S/C17H21F2N3O3/c1-10(2)6-7-17(3)15(24)22(16(25)21-17)9-14(23)20-13-8-11(18)4-5-12(13)19/h4-5,8,10H,6-7,9H2,1-3H3,(H,20,23)(H,21,25)/t17-/m1/s1. The average molecular weight is 353 g/mol. The average Bonchev–Trinajstić information content (AvgIpc) is 2.73. The van der Waals surface area contributed by atoms with Gasteiger partial charge in [-0.15, -0.1) is 0 Å². The van der Waals surface area contributed by atoms with E-state index in [1.165, 1.54) is 0 Å². The highest BCUT2D eigenvalue weighted by Gasteiger charge is 2.47. The van der Waals surface area contributed by atoms with Gasteiger partial charge in [0.25, 0.3) is 5.91 Å². The van der Waals surface area contributed by atoms with Crippen molar-refractivity contribution in [2.75, 3.05) is 11.9 Å². The van der Waals surface area contributed by atoms with Crippen molar-refractivity contribution in [3.05, 3.63) is 29.8 Å². The van der Waals surface area contributed by atoms with Gasteiger partial charge in [-0.2, -0.15) is 0 Å². The zero-order valence-electron chi connectivity index (χ0n) is 14.4. The fourth-order valence-corrected chi connectivity index (χ4v) is 2.56. The molecule has 2 rings (SSSR count). The van der Waals surface area contributed by atoms with Crippen LogP contribution in [0.2, 0.25) is 0 Å². The number of anilines is 1. The van der Waals surface area contributed by atoms with Crippen LogP contribution in [0.25, 0.3) is 0 Å². The summed E-state index contributed by atoms with van der Waals surface area (Å²) in [5.41, 5.74) is -1.41. The van der Waals surface area contributed by atoms with E-state index in [4.69, 9.17) is 0 Å². The minimum Gasteiger partial charge on any atom is -0.323 e. The molecule has 0 saturated carbocycles. The molecular weight excluding hydrogens is 332 g/mol. The summed E-state index contributed by atoms with van der Waals surface area (Å²) in [6.45, 7) is 5.05. The van der Waals surface area contributed by atoms with Gasteiger partial charge in [0, 0.05) is 6.07 Å². The summed E-state index contributed by atoms with van der Waals surface area (Å²) in [5, 5.41) is 4.77. The van der Waals surface area contributed by atoms with Gasteiger partial charge in [0.15, 0.2) is 0 Å². The molecule has 1 saturated heterocycles. The maximum absolute atomic E-state index is 13.6. The molecule has 1 aromatic carbocycles. The number of hydrogen-bond donors (Lipinski definition) is 2. The summed E-state index contributed by atoms with van der Waals surface area (Å²) in [4.78, 5) is 37.3. The molecule has 1 aliphatic heterocycles. The number of benzene rings is 1. The lowest BCUT2D eigenvalue weighted by Crippen LogP contribution is -2.44. The lowest BCUT2D eigenvalue weighted by molar-refractivity contribution is -0.133. The highest BCUT2D eigenvalue weighted by Crippen LogP contribution is 2.24. The topological polar surface area (TPSA) is 78.5 Å². The summed E-state index contributed by atoms with van der Waals surface area (Å²) >= 11 is 0. The van der Waals surface area contributed by atoms with E-state index in [-0.39, 0.29) is 5.69 Å². The van der Waals surface area contributed by atoms with Crippen molar-refractivity contribution in [2.24, 2.45) is 5.92 Å². The molecule has 0 aromatic heterocycles. The minimum atomic E-state index is -1.06. The molecule has 1 aromatic rings.